The first kappa shape index (κ1) is 14.6. The molecule has 0 aliphatic carbocycles. The lowest BCUT2D eigenvalue weighted by atomic mass is 9.90. The molecule has 106 valence electrons. The van der Waals surface area contributed by atoms with Gasteiger partial charge < -0.3 is 10.5 Å². The molecule has 0 spiro atoms. The predicted octanol–water partition coefficient (Wildman–Crippen LogP) is 3.98. The van der Waals surface area contributed by atoms with Gasteiger partial charge >= 0.3 is 0 Å². The van der Waals surface area contributed by atoms with Crippen LogP contribution in [0.3, 0.4) is 0 Å². The van der Waals surface area contributed by atoms with E-state index in [0.717, 1.165) is 16.9 Å². The fourth-order valence-electron chi connectivity index (χ4n) is 2.76. The molecule has 0 bridgehead atoms. The first-order valence-electron chi connectivity index (χ1n) is 6.92. The summed E-state index contributed by atoms with van der Waals surface area (Å²) in [6.07, 6.45) is 0. The van der Waals surface area contributed by atoms with Gasteiger partial charge in [-0.1, -0.05) is 29.8 Å². The lowest BCUT2D eigenvalue weighted by Gasteiger charge is -2.21. The Morgan fingerprint density at radius 3 is 2.25 bits per heavy atom. The highest BCUT2D eigenvalue weighted by atomic mass is 16.5. The van der Waals surface area contributed by atoms with Crippen LogP contribution in [0.15, 0.2) is 30.3 Å². The van der Waals surface area contributed by atoms with Gasteiger partial charge in [0.05, 0.1) is 13.2 Å². The molecular formula is C18H23NO. The third-order valence-electron chi connectivity index (χ3n) is 3.79. The molecular weight excluding hydrogens is 246 g/mol. The van der Waals surface area contributed by atoms with Gasteiger partial charge in [0.25, 0.3) is 0 Å². The molecule has 2 rings (SSSR count). The average Bonchev–Trinajstić information content (AvgIpc) is 2.40. The molecule has 2 aromatic rings. The molecule has 2 nitrogen and oxygen atoms in total. The molecule has 0 saturated carbocycles. The number of benzene rings is 2. The highest BCUT2D eigenvalue weighted by molar-refractivity contribution is 5.50. The second-order valence-electron chi connectivity index (χ2n) is 5.54. The maximum absolute atomic E-state index is 6.53. The Morgan fingerprint density at radius 2 is 1.60 bits per heavy atom. The van der Waals surface area contributed by atoms with Crippen molar-refractivity contribution in [1.82, 2.24) is 0 Å². The quantitative estimate of drug-likeness (QED) is 0.914. The van der Waals surface area contributed by atoms with E-state index in [2.05, 4.69) is 52.0 Å². The Bertz CT molecular complexity index is 632. The molecule has 0 aromatic heterocycles. The molecule has 0 heterocycles. The van der Waals surface area contributed by atoms with E-state index in [-0.39, 0.29) is 6.04 Å². The number of hydrogen-bond donors (Lipinski definition) is 1. The number of nitrogens with two attached hydrogens (primary N) is 1. The summed E-state index contributed by atoms with van der Waals surface area (Å²) in [7, 11) is 1.70. The summed E-state index contributed by atoms with van der Waals surface area (Å²) in [5.74, 6) is 0.871. The molecule has 2 aromatic carbocycles. The molecule has 0 saturated heterocycles. The first-order chi connectivity index (χ1) is 9.43. The number of ether oxygens (including phenoxy) is 1. The maximum atomic E-state index is 6.53. The van der Waals surface area contributed by atoms with Crippen LogP contribution in [0.1, 0.15) is 39.4 Å². The van der Waals surface area contributed by atoms with E-state index in [4.69, 9.17) is 10.5 Å². The topological polar surface area (TPSA) is 35.2 Å². The zero-order valence-corrected chi connectivity index (χ0v) is 12.9. The zero-order chi connectivity index (χ0) is 14.9. The first-order valence-corrected chi connectivity index (χ1v) is 6.92. The fraction of sp³-hybridized carbons (Fsp3) is 0.333. The number of hydrogen-bond acceptors (Lipinski definition) is 2. The summed E-state index contributed by atoms with van der Waals surface area (Å²) in [5.41, 5.74) is 13.6. The monoisotopic (exact) mass is 269 g/mol. The minimum Gasteiger partial charge on any atom is -0.496 e. The van der Waals surface area contributed by atoms with E-state index in [1.165, 1.54) is 22.3 Å². The summed E-state index contributed by atoms with van der Waals surface area (Å²) in [5, 5.41) is 0. The summed E-state index contributed by atoms with van der Waals surface area (Å²) in [6, 6.07) is 10.4. The third-order valence-corrected chi connectivity index (χ3v) is 3.79. The van der Waals surface area contributed by atoms with Crippen molar-refractivity contribution in [3.63, 3.8) is 0 Å². The van der Waals surface area contributed by atoms with Gasteiger partial charge in [0.15, 0.2) is 0 Å². The van der Waals surface area contributed by atoms with Crippen LogP contribution in [0.2, 0.25) is 0 Å². The van der Waals surface area contributed by atoms with Crippen LogP contribution in [0.4, 0.5) is 0 Å². The smallest absolute Gasteiger partial charge is 0.124 e. The maximum Gasteiger partial charge on any atom is 0.124 e. The van der Waals surface area contributed by atoms with Crippen molar-refractivity contribution < 1.29 is 4.74 Å². The molecule has 2 N–H and O–H groups in total. The lowest BCUT2D eigenvalue weighted by Crippen LogP contribution is -2.16. The predicted molar refractivity (Wildman–Crippen MR) is 84.4 cm³/mol. The second kappa shape index (κ2) is 5.68. The molecule has 2 heteroatoms. The van der Waals surface area contributed by atoms with Crippen molar-refractivity contribution in [2.75, 3.05) is 7.11 Å². The largest absolute Gasteiger partial charge is 0.496 e. The van der Waals surface area contributed by atoms with Crippen molar-refractivity contribution >= 4 is 0 Å². The summed E-state index contributed by atoms with van der Waals surface area (Å²) >= 11 is 0. The average molecular weight is 269 g/mol. The minimum absolute atomic E-state index is 0.162. The Labute approximate surface area is 121 Å². The van der Waals surface area contributed by atoms with Gasteiger partial charge in [-0.2, -0.15) is 0 Å². The molecule has 0 aliphatic heterocycles. The van der Waals surface area contributed by atoms with E-state index in [9.17, 15) is 0 Å². The number of aryl methyl sites for hydroxylation is 4. The molecule has 0 aliphatic rings. The molecule has 1 atom stereocenters. The van der Waals surface area contributed by atoms with Crippen LogP contribution < -0.4 is 10.5 Å². The van der Waals surface area contributed by atoms with E-state index in [1.54, 1.807) is 7.11 Å². The highest BCUT2D eigenvalue weighted by Gasteiger charge is 2.18. The van der Waals surface area contributed by atoms with Crippen LogP contribution in [0.5, 0.6) is 5.75 Å². The van der Waals surface area contributed by atoms with Gasteiger partial charge in [-0.15, -0.1) is 0 Å². The van der Waals surface area contributed by atoms with Crippen LogP contribution in [0, 0.1) is 27.7 Å². The Kier molecular flexibility index (Phi) is 4.15. The molecule has 0 amide bonds. The standard InChI is InChI=1S/C18H23NO/c1-11-6-7-13(3)15(9-11)18(19)17-14(4)8-12(2)10-16(17)20-5/h6-10,18H,19H2,1-5H3. The molecule has 1 unspecified atom stereocenters. The summed E-state index contributed by atoms with van der Waals surface area (Å²) < 4.78 is 5.54. The van der Waals surface area contributed by atoms with E-state index in [1.807, 2.05) is 6.07 Å². The van der Waals surface area contributed by atoms with Crippen LogP contribution >= 0.6 is 0 Å². The van der Waals surface area contributed by atoms with Crippen LogP contribution in [-0.2, 0) is 0 Å². The molecule has 20 heavy (non-hydrogen) atoms. The fourth-order valence-corrected chi connectivity index (χ4v) is 2.76. The van der Waals surface area contributed by atoms with Gasteiger partial charge in [0.2, 0.25) is 0 Å². The van der Waals surface area contributed by atoms with Gasteiger partial charge in [0.1, 0.15) is 5.75 Å². The Hall–Kier alpha value is -1.80. The van der Waals surface area contributed by atoms with Crippen molar-refractivity contribution in [1.29, 1.82) is 0 Å². The number of rotatable bonds is 3. The van der Waals surface area contributed by atoms with Crippen LogP contribution in [0.25, 0.3) is 0 Å². The van der Waals surface area contributed by atoms with Gasteiger partial charge in [0, 0.05) is 5.56 Å². The third kappa shape index (κ3) is 2.70. The highest BCUT2D eigenvalue weighted by Crippen LogP contribution is 2.33. The molecule has 0 fully saturated rings. The van der Waals surface area contributed by atoms with Crippen LogP contribution in [-0.4, -0.2) is 7.11 Å². The Balaban J connectivity index is 2.58. The second-order valence-corrected chi connectivity index (χ2v) is 5.54. The molecule has 0 radical (unpaired) electrons. The van der Waals surface area contributed by atoms with Gasteiger partial charge in [-0.25, -0.2) is 0 Å². The zero-order valence-electron chi connectivity index (χ0n) is 12.9. The lowest BCUT2D eigenvalue weighted by molar-refractivity contribution is 0.407. The SMILES string of the molecule is COc1cc(C)cc(C)c1C(N)c1cc(C)ccc1C. The Morgan fingerprint density at radius 1 is 0.900 bits per heavy atom. The van der Waals surface area contributed by atoms with E-state index >= 15 is 0 Å². The van der Waals surface area contributed by atoms with E-state index < -0.39 is 0 Å². The minimum atomic E-state index is -0.162. The van der Waals surface area contributed by atoms with Gasteiger partial charge in [-0.05, 0) is 56.0 Å². The van der Waals surface area contributed by atoms with Crippen molar-refractivity contribution in [3.05, 3.63) is 63.7 Å². The van der Waals surface area contributed by atoms with Crippen molar-refractivity contribution in [2.24, 2.45) is 5.73 Å². The number of methoxy groups -OCH3 is 1. The summed E-state index contributed by atoms with van der Waals surface area (Å²) in [6.45, 7) is 8.36. The summed E-state index contributed by atoms with van der Waals surface area (Å²) in [4.78, 5) is 0. The van der Waals surface area contributed by atoms with Crippen molar-refractivity contribution in [2.45, 2.75) is 33.7 Å². The normalized spacial score (nSPS) is 12.3. The van der Waals surface area contributed by atoms with Gasteiger partial charge in [-0.3, -0.25) is 0 Å². The van der Waals surface area contributed by atoms with Crippen molar-refractivity contribution in [3.8, 4) is 5.75 Å². The van der Waals surface area contributed by atoms with E-state index in [0.29, 0.717) is 0 Å².